The van der Waals surface area contributed by atoms with Crippen molar-refractivity contribution >= 4 is 16.8 Å². The van der Waals surface area contributed by atoms with Crippen LogP contribution in [0.3, 0.4) is 0 Å². The Morgan fingerprint density at radius 1 is 1.07 bits per heavy atom. The summed E-state index contributed by atoms with van der Waals surface area (Å²) in [7, 11) is 0. The van der Waals surface area contributed by atoms with E-state index in [1.807, 2.05) is 43.9 Å². The largest absolute Gasteiger partial charge is 0.341 e. The van der Waals surface area contributed by atoms with Crippen LogP contribution in [-0.2, 0) is 11.3 Å². The maximum atomic E-state index is 13.2. The number of rotatable bonds is 3. The van der Waals surface area contributed by atoms with E-state index in [-0.39, 0.29) is 18.0 Å². The van der Waals surface area contributed by atoms with Crippen LogP contribution in [0, 0.1) is 20.8 Å². The zero-order valence-corrected chi connectivity index (χ0v) is 16.6. The Hall–Kier alpha value is -2.96. The second-order valence-corrected chi connectivity index (χ2v) is 7.58. The summed E-state index contributed by atoms with van der Waals surface area (Å²) in [4.78, 5) is 27.7. The van der Waals surface area contributed by atoms with E-state index < -0.39 is 0 Å². The molecule has 0 radical (unpaired) electrons. The molecule has 0 atom stereocenters. The van der Waals surface area contributed by atoms with Gasteiger partial charge in [-0.2, -0.15) is 10.2 Å². The van der Waals surface area contributed by atoms with Crippen molar-refractivity contribution in [1.82, 2.24) is 24.5 Å². The molecule has 1 amide bonds. The summed E-state index contributed by atoms with van der Waals surface area (Å²) in [6.45, 7) is 7.41. The minimum Gasteiger partial charge on any atom is -0.341 e. The van der Waals surface area contributed by atoms with E-state index in [1.54, 1.807) is 10.9 Å². The average Bonchev–Trinajstić information content (AvgIpc) is 3.14. The van der Waals surface area contributed by atoms with Gasteiger partial charge in [-0.15, -0.1) is 0 Å². The monoisotopic (exact) mass is 379 g/mol. The molecule has 4 rings (SSSR count). The third kappa shape index (κ3) is 3.21. The van der Waals surface area contributed by atoms with Gasteiger partial charge in [0.05, 0.1) is 17.6 Å². The van der Waals surface area contributed by atoms with Crippen molar-refractivity contribution < 1.29 is 4.79 Å². The molecule has 1 aromatic carbocycles. The normalized spacial score (nSPS) is 14.6. The van der Waals surface area contributed by atoms with E-state index in [0.29, 0.717) is 16.6 Å². The Kier molecular flexibility index (Phi) is 4.75. The van der Waals surface area contributed by atoms with Gasteiger partial charge in [-0.3, -0.25) is 9.59 Å². The molecule has 3 heterocycles. The number of fused-ring (bicyclic) bond motifs is 1. The lowest BCUT2D eigenvalue weighted by Gasteiger charge is -2.26. The van der Waals surface area contributed by atoms with Gasteiger partial charge in [-0.1, -0.05) is 6.07 Å². The number of carbonyl (C=O) groups excluding carboxylic acids is 1. The fourth-order valence-corrected chi connectivity index (χ4v) is 3.75. The maximum Gasteiger partial charge on any atom is 0.293 e. The van der Waals surface area contributed by atoms with E-state index in [2.05, 4.69) is 10.2 Å². The van der Waals surface area contributed by atoms with Gasteiger partial charge in [0.15, 0.2) is 0 Å². The van der Waals surface area contributed by atoms with Gasteiger partial charge in [0.1, 0.15) is 12.1 Å². The lowest BCUT2D eigenvalue weighted by Crippen LogP contribution is -2.40. The molecule has 0 bridgehead atoms. The second kappa shape index (κ2) is 7.22. The molecular formula is C21H25N5O2. The van der Waals surface area contributed by atoms with E-state index in [1.165, 1.54) is 10.2 Å². The third-order valence-electron chi connectivity index (χ3n) is 5.60. The molecule has 2 aromatic heterocycles. The first-order valence-corrected chi connectivity index (χ1v) is 9.76. The Morgan fingerprint density at radius 2 is 1.82 bits per heavy atom. The first-order valence-electron chi connectivity index (χ1n) is 9.76. The zero-order chi connectivity index (χ0) is 19.8. The van der Waals surface area contributed by atoms with Crippen molar-refractivity contribution in [2.24, 2.45) is 0 Å². The summed E-state index contributed by atoms with van der Waals surface area (Å²) in [5, 5.41) is 9.53. The number of amides is 1. The minimum atomic E-state index is -0.290. The lowest BCUT2D eigenvalue weighted by molar-refractivity contribution is -0.133. The number of carbonyl (C=O) groups is 1. The second-order valence-electron chi connectivity index (χ2n) is 7.58. The van der Waals surface area contributed by atoms with Crippen LogP contribution in [-0.4, -0.2) is 43.5 Å². The molecule has 1 aliphatic rings. The number of nitrogens with zero attached hydrogens (tertiary/aromatic N) is 5. The highest BCUT2D eigenvalue weighted by Gasteiger charge is 2.20. The van der Waals surface area contributed by atoms with Crippen LogP contribution in [0.1, 0.15) is 36.1 Å². The molecule has 1 saturated heterocycles. The van der Waals surface area contributed by atoms with E-state index in [0.717, 1.165) is 43.6 Å². The van der Waals surface area contributed by atoms with Crippen LogP contribution in [0.2, 0.25) is 0 Å². The van der Waals surface area contributed by atoms with Crippen molar-refractivity contribution in [3.05, 3.63) is 51.6 Å². The van der Waals surface area contributed by atoms with E-state index in [9.17, 15) is 9.59 Å². The molecule has 1 aliphatic heterocycles. The summed E-state index contributed by atoms with van der Waals surface area (Å²) in [6.07, 6.45) is 4.87. The summed E-state index contributed by atoms with van der Waals surface area (Å²) in [5.41, 5.74) is 4.00. The van der Waals surface area contributed by atoms with Gasteiger partial charge in [-0.25, -0.2) is 9.36 Å². The van der Waals surface area contributed by atoms with Crippen LogP contribution in [0.5, 0.6) is 0 Å². The van der Waals surface area contributed by atoms with Gasteiger partial charge < -0.3 is 4.90 Å². The summed E-state index contributed by atoms with van der Waals surface area (Å²) < 4.78 is 2.94. The summed E-state index contributed by atoms with van der Waals surface area (Å²) in [6, 6.07) is 5.98. The fourth-order valence-electron chi connectivity index (χ4n) is 3.75. The smallest absolute Gasteiger partial charge is 0.293 e. The number of hydrogen-bond acceptors (Lipinski definition) is 4. The summed E-state index contributed by atoms with van der Waals surface area (Å²) in [5.74, 6) is -0.0507. The quantitative estimate of drug-likeness (QED) is 0.701. The molecule has 28 heavy (non-hydrogen) atoms. The van der Waals surface area contributed by atoms with Crippen molar-refractivity contribution in [3.63, 3.8) is 0 Å². The predicted molar refractivity (Wildman–Crippen MR) is 108 cm³/mol. The minimum absolute atomic E-state index is 0.0340. The Balaban J connectivity index is 1.77. The highest BCUT2D eigenvalue weighted by atomic mass is 16.2. The molecule has 7 nitrogen and oxygen atoms in total. The lowest BCUT2D eigenvalue weighted by atomic mass is 10.1. The predicted octanol–water partition coefficient (Wildman–Crippen LogP) is 2.52. The summed E-state index contributed by atoms with van der Waals surface area (Å²) >= 11 is 0. The van der Waals surface area contributed by atoms with Crippen molar-refractivity contribution in [3.8, 4) is 5.69 Å². The standard InChI is InChI=1S/C21H25N5O2/c1-14-7-8-17(11-15(14)2)26-20-18(12-22-26)16(3)23-25(21(20)28)13-19(27)24-9-5-4-6-10-24/h7-8,11-12H,4-6,9-10,13H2,1-3H3. The van der Waals surface area contributed by atoms with Crippen LogP contribution in [0.4, 0.5) is 0 Å². The average molecular weight is 379 g/mol. The Bertz CT molecular complexity index is 1110. The topological polar surface area (TPSA) is 73.0 Å². The van der Waals surface area contributed by atoms with Crippen molar-refractivity contribution in [2.45, 2.75) is 46.6 Å². The first kappa shape index (κ1) is 18.4. The molecule has 0 aliphatic carbocycles. The SMILES string of the molecule is Cc1ccc(-n2ncc3c(C)nn(CC(=O)N4CCCCC4)c(=O)c32)cc1C. The van der Waals surface area contributed by atoms with Crippen molar-refractivity contribution in [2.75, 3.05) is 13.1 Å². The van der Waals surface area contributed by atoms with Crippen LogP contribution >= 0.6 is 0 Å². The number of hydrogen-bond donors (Lipinski definition) is 0. The van der Waals surface area contributed by atoms with Crippen LogP contribution in [0.25, 0.3) is 16.6 Å². The molecule has 146 valence electrons. The molecule has 7 heteroatoms. The zero-order valence-electron chi connectivity index (χ0n) is 16.6. The van der Waals surface area contributed by atoms with Gasteiger partial charge in [0.25, 0.3) is 5.56 Å². The Labute approximate surface area is 163 Å². The maximum absolute atomic E-state index is 13.2. The van der Waals surface area contributed by atoms with Gasteiger partial charge in [0, 0.05) is 18.5 Å². The fraction of sp³-hybridized carbons (Fsp3) is 0.429. The highest BCUT2D eigenvalue weighted by Crippen LogP contribution is 2.19. The number of likely N-dealkylation sites (tertiary alicyclic amines) is 1. The number of aromatic nitrogens is 4. The van der Waals surface area contributed by atoms with E-state index in [4.69, 9.17) is 0 Å². The molecule has 0 spiro atoms. The van der Waals surface area contributed by atoms with Crippen LogP contribution in [0.15, 0.2) is 29.2 Å². The first-order chi connectivity index (χ1) is 13.5. The highest BCUT2D eigenvalue weighted by molar-refractivity contribution is 5.82. The molecule has 0 unspecified atom stereocenters. The van der Waals surface area contributed by atoms with Gasteiger partial charge in [-0.05, 0) is 63.3 Å². The number of benzene rings is 1. The third-order valence-corrected chi connectivity index (χ3v) is 5.60. The van der Waals surface area contributed by atoms with Crippen LogP contribution < -0.4 is 5.56 Å². The molecule has 0 N–H and O–H groups in total. The Morgan fingerprint density at radius 3 is 2.54 bits per heavy atom. The molecular weight excluding hydrogens is 354 g/mol. The van der Waals surface area contributed by atoms with Crippen molar-refractivity contribution in [1.29, 1.82) is 0 Å². The molecule has 3 aromatic rings. The number of piperidine rings is 1. The van der Waals surface area contributed by atoms with Gasteiger partial charge >= 0.3 is 0 Å². The number of aryl methyl sites for hydroxylation is 3. The molecule has 0 saturated carbocycles. The van der Waals surface area contributed by atoms with Gasteiger partial charge in [0.2, 0.25) is 5.91 Å². The van der Waals surface area contributed by atoms with E-state index >= 15 is 0 Å². The molecule has 1 fully saturated rings.